The van der Waals surface area contributed by atoms with Gasteiger partial charge in [0.1, 0.15) is 12.4 Å². The Balaban J connectivity index is 1.56. The lowest BCUT2D eigenvalue weighted by Gasteiger charge is -2.07. The first-order chi connectivity index (χ1) is 15.4. The normalized spacial score (nSPS) is 14.2. The van der Waals surface area contributed by atoms with Crippen LogP contribution in [-0.4, -0.2) is 16.8 Å². The van der Waals surface area contributed by atoms with Gasteiger partial charge in [0.05, 0.1) is 4.92 Å². The standard InChI is InChI=1S/C24H17IN2O5/c1-15-20(9-4-10-22(15)27(29)30)23-26-21(24(28)32-23)13-16-5-3-8-19(12-16)31-14-17-6-2-7-18(25)11-17/h2-13H,14H2,1H3/b21-13-. The fourth-order valence-electron chi connectivity index (χ4n) is 3.22. The first kappa shape index (κ1) is 21.7. The molecule has 1 aliphatic heterocycles. The quantitative estimate of drug-likeness (QED) is 0.137. The summed E-state index contributed by atoms with van der Waals surface area (Å²) in [6, 6.07) is 19.9. The maximum atomic E-state index is 12.3. The Morgan fingerprint density at radius 2 is 1.91 bits per heavy atom. The Morgan fingerprint density at radius 3 is 2.69 bits per heavy atom. The van der Waals surface area contributed by atoms with Gasteiger partial charge in [0.25, 0.3) is 5.69 Å². The summed E-state index contributed by atoms with van der Waals surface area (Å²) in [5, 5.41) is 11.2. The molecule has 32 heavy (non-hydrogen) atoms. The van der Waals surface area contributed by atoms with Crippen LogP contribution in [0.1, 0.15) is 22.3 Å². The molecule has 0 spiro atoms. The third-order valence-electron chi connectivity index (χ3n) is 4.81. The molecule has 0 saturated heterocycles. The number of esters is 1. The zero-order valence-corrected chi connectivity index (χ0v) is 19.1. The van der Waals surface area contributed by atoms with E-state index in [4.69, 9.17) is 9.47 Å². The summed E-state index contributed by atoms with van der Waals surface area (Å²) >= 11 is 2.25. The number of nitro benzene ring substituents is 1. The highest BCUT2D eigenvalue weighted by atomic mass is 127. The Hall–Kier alpha value is -3.53. The van der Waals surface area contributed by atoms with Crippen molar-refractivity contribution in [3.8, 4) is 5.75 Å². The number of hydrogen-bond acceptors (Lipinski definition) is 6. The summed E-state index contributed by atoms with van der Waals surface area (Å²) in [5.41, 5.74) is 2.62. The molecule has 4 rings (SSSR count). The van der Waals surface area contributed by atoms with Gasteiger partial charge in [0.2, 0.25) is 5.90 Å². The topological polar surface area (TPSA) is 91.0 Å². The van der Waals surface area contributed by atoms with Gasteiger partial charge in [-0.25, -0.2) is 9.79 Å². The van der Waals surface area contributed by atoms with Crippen LogP contribution in [0.2, 0.25) is 0 Å². The van der Waals surface area contributed by atoms with Crippen LogP contribution in [0.3, 0.4) is 0 Å². The van der Waals surface area contributed by atoms with Crippen molar-refractivity contribution in [1.82, 2.24) is 0 Å². The average Bonchev–Trinajstić information content (AvgIpc) is 3.12. The number of nitrogens with zero attached hydrogens (tertiary/aromatic N) is 2. The van der Waals surface area contributed by atoms with E-state index < -0.39 is 10.9 Å². The highest BCUT2D eigenvalue weighted by Crippen LogP contribution is 2.26. The van der Waals surface area contributed by atoms with E-state index in [2.05, 4.69) is 27.6 Å². The van der Waals surface area contributed by atoms with Gasteiger partial charge >= 0.3 is 5.97 Å². The minimum atomic E-state index is -0.615. The van der Waals surface area contributed by atoms with E-state index in [0.29, 0.717) is 23.5 Å². The first-order valence-electron chi connectivity index (χ1n) is 9.65. The van der Waals surface area contributed by atoms with Gasteiger partial charge in [-0.05, 0) is 77.0 Å². The lowest BCUT2D eigenvalue weighted by atomic mass is 10.1. The lowest BCUT2D eigenvalue weighted by Crippen LogP contribution is -2.08. The van der Waals surface area contributed by atoms with Crippen molar-refractivity contribution in [3.63, 3.8) is 0 Å². The van der Waals surface area contributed by atoms with Gasteiger partial charge in [-0.2, -0.15) is 0 Å². The van der Waals surface area contributed by atoms with Crippen molar-refractivity contribution < 1.29 is 19.2 Å². The molecular formula is C24H17IN2O5. The Morgan fingerprint density at radius 1 is 1.12 bits per heavy atom. The van der Waals surface area contributed by atoms with E-state index in [1.54, 1.807) is 25.1 Å². The molecule has 1 heterocycles. The van der Waals surface area contributed by atoms with Gasteiger partial charge in [0, 0.05) is 20.8 Å². The fourth-order valence-corrected chi connectivity index (χ4v) is 3.83. The molecule has 0 bridgehead atoms. The van der Waals surface area contributed by atoms with Gasteiger partial charge in [-0.15, -0.1) is 0 Å². The predicted octanol–water partition coefficient (Wildman–Crippen LogP) is 5.43. The van der Waals surface area contributed by atoms with E-state index in [-0.39, 0.29) is 17.3 Å². The van der Waals surface area contributed by atoms with Crippen molar-refractivity contribution in [2.75, 3.05) is 0 Å². The molecule has 0 radical (unpaired) electrons. The highest BCUT2D eigenvalue weighted by Gasteiger charge is 2.27. The minimum absolute atomic E-state index is 0.0496. The number of carbonyl (C=O) groups is 1. The fraction of sp³-hybridized carbons (Fsp3) is 0.0833. The lowest BCUT2D eigenvalue weighted by molar-refractivity contribution is -0.385. The van der Waals surface area contributed by atoms with Gasteiger partial charge in [0.15, 0.2) is 5.70 Å². The summed E-state index contributed by atoms with van der Waals surface area (Å²) < 4.78 is 12.3. The number of hydrogen-bond donors (Lipinski definition) is 0. The van der Waals surface area contributed by atoms with Crippen molar-refractivity contribution in [2.24, 2.45) is 4.99 Å². The molecule has 0 unspecified atom stereocenters. The SMILES string of the molecule is Cc1c(C2=N/C(=C\c3cccc(OCc4cccc(I)c4)c3)C(=O)O2)cccc1[N+](=O)[O-]. The summed E-state index contributed by atoms with van der Waals surface area (Å²) in [5.74, 6) is 0.0907. The van der Waals surface area contributed by atoms with Crippen LogP contribution < -0.4 is 4.74 Å². The summed E-state index contributed by atoms with van der Waals surface area (Å²) in [6.07, 6.45) is 1.60. The van der Waals surface area contributed by atoms with Crippen LogP contribution >= 0.6 is 22.6 Å². The van der Waals surface area contributed by atoms with Crippen LogP contribution in [0.5, 0.6) is 5.75 Å². The van der Waals surface area contributed by atoms with E-state index >= 15 is 0 Å². The van der Waals surface area contributed by atoms with Crippen LogP contribution in [0.4, 0.5) is 5.69 Å². The van der Waals surface area contributed by atoms with Crippen molar-refractivity contribution in [2.45, 2.75) is 13.5 Å². The van der Waals surface area contributed by atoms with E-state index in [1.165, 1.54) is 12.1 Å². The predicted molar refractivity (Wildman–Crippen MR) is 128 cm³/mol. The number of rotatable bonds is 6. The third-order valence-corrected chi connectivity index (χ3v) is 5.48. The number of aliphatic imine (C=N–C) groups is 1. The molecule has 0 aliphatic carbocycles. The summed E-state index contributed by atoms with van der Waals surface area (Å²) in [4.78, 5) is 27.3. The van der Waals surface area contributed by atoms with Crippen molar-refractivity contribution in [1.29, 1.82) is 0 Å². The summed E-state index contributed by atoms with van der Waals surface area (Å²) in [6.45, 7) is 2.02. The molecule has 3 aromatic carbocycles. The van der Waals surface area contributed by atoms with Crippen LogP contribution in [0, 0.1) is 20.6 Å². The largest absolute Gasteiger partial charge is 0.489 e. The third kappa shape index (κ3) is 4.86. The number of halogens is 1. The Bertz CT molecular complexity index is 1280. The molecule has 8 heteroatoms. The van der Waals surface area contributed by atoms with E-state index in [9.17, 15) is 14.9 Å². The number of cyclic esters (lactones) is 1. The van der Waals surface area contributed by atoms with Crippen LogP contribution in [-0.2, 0) is 16.1 Å². The Kier molecular flexibility index (Phi) is 6.31. The summed E-state index contributed by atoms with van der Waals surface area (Å²) in [7, 11) is 0. The second kappa shape index (κ2) is 9.31. The Labute approximate surface area is 197 Å². The second-order valence-electron chi connectivity index (χ2n) is 7.03. The number of benzene rings is 3. The smallest absolute Gasteiger partial charge is 0.363 e. The molecule has 0 aromatic heterocycles. The number of ether oxygens (including phenoxy) is 2. The first-order valence-corrected chi connectivity index (χ1v) is 10.7. The highest BCUT2D eigenvalue weighted by molar-refractivity contribution is 14.1. The number of carbonyl (C=O) groups excluding carboxylic acids is 1. The zero-order valence-electron chi connectivity index (χ0n) is 16.9. The second-order valence-corrected chi connectivity index (χ2v) is 8.28. The molecule has 7 nitrogen and oxygen atoms in total. The molecule has 0 saturated carbocycles. The molecule has 160 valence electrons. The van der Waals surface area contributed by atoms with Gasteiger partial charge in [-0.3, -0.25) is 10.1 Å². The molecule has 0 amide bonds. The van der Waals surface area contributed by atoms with Crippen LogP contribution in [0.25, 0.3) is 6.08 Å². The molecule has 3 aromatic rings. The molecular weight excluding hydrogens is 523 g/mol. The monoisotopic (exact) mass is 540 g/mol. The van der Waals surface area contributed by atoms with E-state index in [1.807, 2.05) is 42.5 Å². The maximum Gasteiger partial charge on any atom is 0.363 e. The average molecular weight is 540 g/mol. The molecule has 0 atom stereocenters. The van der Waals surface area contributed by atoms with Gasteiger partial charge < -0.3 is 9.47 Å². The minimum Gasteiger partial charge on any atom is -0.489 e. The molecule has 0 fully saturated rings. The number of nitro groups is 1. The maximum absolute atomic E-state index is 12.3. The molecule has 0 N–H and O–H groups in total. The van der Waals surface area contributed by atoms with E-state index in [0.717, 1.165) is 14.7 Å². The van der Waals surface area contributed by atoms with Gasteiger partial charge in [-0.1, -0.05) is 30.3 Å². The zero-order chi connectivity index (χ0) is 22.7. The van der Waals surface area contributed by atoms with Crippen LogP contribution in [0.15, 0.2) is 77.4 Å². The van der Waals surface area contributed by atoms with Crippen molar-refractivity contribution in [3.05, 3.63) is 108 Å². The molecule has 1 aliphatic rings. The van der Waals surface area contributed by atoms with Crippen molar-refractivity contribution >= 4 is 46.2 Å².